The Kier molecular flexibility index (Phi) is 4.23. The molecule has 2 aromatic rings. The van der Waals surface area contributed by atoms with Crippen molar-refractivity contribution in [3.05, 3.63) is 48.0 Å². The molecular formula is C17H23NO. The van der Waals surface area contributed by atoms with E-state index in [0.29, 0.717) is 6.54 Å². The number of aliphatic hydroxyl groups is 1. The summed E-state index contributed by atoms with van der Waals surface area (Å²) in [5.41, 5.74) is 0.613. The number of benzene rings is 2. The third-order valence-electron chi connectivity index (χ3n) is 3.92. The van der Waals surface area contributed by atoms with Crippen LogP contribution in [0, 0.1) is 5.92 Å². The Morgan fingerprint density at radius 2 is 1.79 bits per heavy atom. The van der Waals surface area contributed by atoms with Crippen molar-refractivity contribution in [3.63, 3.8) is 0 Å². The molecule has 0 aliphatic heterocycles. The number of hydrogen-bond donors (Lipinski definition) is 2. The molecule has 0 saturated heterocycles. The summed E-state index contributed by atoms with van der Waals surface area (Å²) in [6.07, 6.45) is 0. The molecule has 2 aromatic carbocycles. The van der Waals surface area contributed by atoms with Gasteiger partial charge in [-0.25, -0.2) is 0 Å². The first kappa shape index (κ1) is 14.0. The summed E-state index contributed by atoms with van der Waals surface area (Å²) in [4.78, 5) is 0. The van der Waals surface area contributed by atoms with Crippen molar-refractivity contribution >= 4 is 10.8 Å². The van der Waals surface area contributed by atoms with Gasteiger partial charge >= 0.3 is 0 Å². The second kappa shape index (κ2) is 5.72. The van der Waals surface area contributed by atoms with Gasteiger partial charge in [-0.05, 0) is 29.2 Å². The Bertz CT molecular complexity index is 540. The molecule has 0 spiro atoms. The van der Waals surface area contributed by atoms with E-state index in [1.807, 2.05) is 20.8 Å². The largest absolute Gasteiger partial charge is 0.389 e. The van der Waals surface area contributed by atoms with Gasteiger partial charge in [0.15, 0.2) is 0 Å². The van der Waals surface area contributed by atoms with Crippen LogP contribution in [-0.4, -0.2) is 17.3 Å². The average Bonchev–Trinajstić information content (AvgIpc) is 2.38. The Morgan fingerprint density at radius 1 is 1.11 bits per heavy atom. The number of rotatable bonds is 5. The molecule has 0 amide bonds. The van der Waals surface area contributed by atoms with Crippen LogP contribution in [0.4, 0.5) is 0 Å². The standard InChI is InChI=1S/C17H23NO/c1-13(2)17(3,19)12-18-11-15-9-6-8-14-7-4-5-10-16(14)15/h4-10,13,18-19H,11-12H2,1-3H3. The zero-order chi connectivity index (χ0) is 13.9. The number of hydrogen-bond acceptors (Lipinski definition) is 2. The zero-order valence-corrected chi connectivity index (χ0v) is 12.0. The third kappa shape index (κ3) is 3.34. The van der Waals surface area contributed by atoms with Crippen LogP contribution >= 0.6 is 0 Å². The summed E-state index contributed by atoms with van der Waals surface area (Å²) in [5, 5.41) is 16.1. The predicted molar refractivity (Wildman–Crippen MR) is 81.1 cm³/mol. The van der Waals surface area contributed by atoms with Crippen LogP contribution in [0.1, 0.15) is 26.3 Å². The normalized spacial score (nSPS) is 14.8. The predicted octanol–water partition coefficient (Wildman–Crippen LogP) is 3.34. The summed E-state index contributed by atoms with van der Waals surface area (Å²) in [6, 6.07) is 14.7. The highest BCUT2D eigenvalue weighted by atomic mass is 16.3. The fourth-order valence-electron chi connectivity index (χ4n) is 2.10. The summed E-state index contributed by atoms with van der Waals surface area (Å²) < 4.78 is 0. The molecule has 19 heavy (non-hydrogen) atoms. The van der Waals surface area contributed by atoms with Crippen LogP contribution in [0.25, 0.3) is 10.8 Å². The Balaban J connectivity index is 2.07. The monoisotopic (exact) mass is 257 g/mol. The maximum Gasteiger partial charge on any atom is 0.0766 e. The highest BCUT2D eigenvalue weighted by Gasteiger charge is 2.23. The second-order valence-corrected chi connectivity index (χ2v) is 5.75. The van der Waals surface area contributed by atoms with Gasteiger partial charge in [0.05, 0.1) is 5.60 Å². The van der Waals surface area contributed by atoms with Crippen molar-refractivity contribution in [1.82, 2.24) is 5.32 Å². The molecule has 102 valence electrons. The van der Waals surface area contributed by atoms with Crippen LogP contribution in [-0.2, 0) is 6.54 Å². The summed E-state index contributed by atoms with van der Waals surface area (Å²) >= 11 is 0. The fourth-order valence-corrected chi connectivity index (χ4v) is 2.10. The lowest BCUT2D eigenvalue weighted by Gasteiger charge is -2.28. The van der Waals surface area contributed by atoms with Crippen LogP contribution in [0.5, 0.6) is 0 Å². The Labute approximate surface area is 115 Å². The third-order valence-corrected chi connectivity index (χ3v) is 3.92. The van der Waals surface area contributed by atoms with Crippen LogP contribution in [0.3, 0.4) is 0 Å². The zero-order valence-electron chi connectivity index (χ0n) is 12.0. The highest BCUT2D eigenvalue weighted by Crippen LogP contribution is 2.19. The van der Waals surface area contributed by atoms with Crippen LogP contribution in [0.15, 0.2) is 42.5 Å². The van der Waals surface area contributed by atoms with Gasteiger partial charge in [0.2, 0.25) is 0 Å². The van der Waals surface area contributed by atoms with Gasteiger partial charge in [0.25, 0.3) is 0 Å². The van der Waals surface area contributed by atoms with E-state index in [2.05, 4.69) is 47.8 Å². The van der Waals surface area contributed by atoms with Gasteiger partial charge in [-0.15, -0.1) is 0 Å². The van der Waals surface area contributed by atoms with E-state index >= 15 is 0 Å². The quantitative estimate of drug-likeness (QED) is 0.861. The van der Waals surface area contributed by atoms with E-state index in [4.69, 9.17) is 0 Å². The minimum absolute atomic E-state index is 0.243. The molecule has 0 fully saturated rings. The summed E-state index contributed by atoms with van der Waals surface area (Å²) in [6.45, 7) is 7.35. The smallest absolute Gasteiger partial charge is 0.0766 e. The van der Waals surface area contributed by atoms with Gasteiger partial charge in [0, 0.05) is 13.1 Å². The van der Waals surface area contributed by atoms with Gasteiger partial charge in [-0.2, -0.15) is 0 Å². The molecule has 0 aliphatic carbocycles. The van der Waals surface area contributed by atoms with E-state index in [0.717, 1.165) is 6.54 Å². The molecule has 2 heteroatoms. The summed E-state index contributed by atoms with van der Waals surface area (Å²) in [7, 11) is 0. The van der Waals surface area contributed by atoms with Crippen LogP contribution < -0.4 is 5.32 Å². The molecule has 2 nitrogen and oxygen atoms in total. The molecule has 0 aliphatic rings. The molecule has 0 saturated carbocycles. The van der Waals surface area contributed by atoms with E-state index in [-0.39, 0.29) is 5.92 Å². The highest BCUT2D eigenvalue weighted by molar-refractivity contribution is 5.85. The molecule has 1 unspecified atom stereocenters. The minimum Gasteiger partial charge on any atom is -0.389 e. The van der Waals surface area contributed by atoms with Crippen molar-refractivity contribution < 1.29 is 5.11 Å². The lowest BCUT2D eigenvalue weighted by molar-refractivity contribution is 0.0140. The van der Waals surface area contributed by atoms with Gasteiger partial charge in [-0.1, -0.05) is 56.3 Å². The lowest BCUT2D eigenvalue weighted by atomic mass is 9.92. The van der Waals surface area contributed by atoms with Crippen molar-refractivity contribution in [1.29, 1.82) is 0 Å². The maximum absolute atomic E-state index is 10.2. The first-order valence-corrected chi connectivity index (χ1v) is 6.90. The Hall–Kier alpha value is -1.38. The first-order chi connectivity index (χ1) is 9.00. The molecule has 2 rings (SSSR count). The van der Waals surface area contributed by atoms with E-state index in [1.165, 1.54) is 16.3 Å². The molecule has 1 atom stereocenters. The molecule has 0 aromatic heterocycles. The topological polar surface area (TPSA) is 32.3 Å². The molecular weight excluding hydrogens is 234 g/mol. The van der Waals surface area contributed by atoms with Crippen molar-refractivity contribution in [2.45, 2.75) is 32.9 Å². The van der Waals surface area contributed by atoms with E-state index in [9.17, 15) is 5.11 Å². The van der Waals surface area contributed by atoms with Gasteiger partial charge < -0.3 is 10.4 Å². The Morgan fingerprint density at radius 3 is 2.53 bits per heavy atom. The van der Waals surface area contributed by atoms with Crippen molar-refractivity contribution in [2.75, 3.05) is 6.54 Å². The van der Waals surface area contributed by atoms with Gasteiger partial charge in [-0.3, -0.25) is 0 Å². The van der Waals surface area contributed by atoms with E-state index in [1.54, 1.807) is 0 Å². The molecule has 0 heterocycles. The lowest BCUT2D eigenvalue weighted by Crippen LogP contribution is -2.41. The SMILES string of the molecule is CC(C)C(C)(O)CNCc1cccc2ccccc12. The fraction of sp³-hybridized carbons (Fsp3) is 0.412. The van der Waals surface area contributed by atoms with Crippen molar-refractivity contribution in [2.24, 2.45) is 5.92 Å². The minimum atomic E-state index is -0.662. The maximum atomic E-state index is 10.2. The second-order valence-electron chi connectivity index (χ2n) is 5.75. The van der Waals surface area contributed by atoms with E-state index < -0.39 is 5.60 Å². The average molecular weight is 257 g/mol. The molecule has 2 N–H and O–H groups in total. The first-order valence-electron chi connectivity index (χ1n) is 6.90. The number of fused-ring (bicyclic) bond motifs is 1. The molecule has 0 bridgehead atoms. The number of nitrogens with one attached hydrogen (secondary N) is 1. The molecule has 0 radical (unpaired) electrons. The van der Waals surface area contributed by atoms with Crippen LogP contribution in [0.2, 0.25) is 0 Å². The summed E-state index contributed by atoms with van der Waals surface area (Å²) in [5.74, 6) is 0.243. The van der Waals surface area contributed by atoms with Crippen molar-refractivity contribution in [3.8, 4) is 0 Å². The van der Waals surface area contributed by atoms with Gasteiger partial charge in [0.1, 0.15) is 0 Å².